The Hall–Kier alpha value is -2.41. The van der Waals surface area contributed by atoms with Gasteiger partial charge in [0.1, 0.15) is 23.4 Å². The zero-order valence-corrected chi connectivity index (χ0v) is 11.4. The van der Waals surface area contributed by atoms with Crippen LogP contribution >= 0.6 is 0 Å². The maximum absolute atomic E-state index is 8.93. The molecule has 1 heterocycles. The van der Waals surface area contributed by atoms with E-state index in [1.165, 1.54) is 11.1 Å². The molecule has 96 valence electrons. The van der Waals surface area contributed by atoms with E-state index in [0.29, 0.717) is 11.5 Å². The molecule has 1 aromatic heterocycles. The normalized spacial score (nSPS) is 10.0. The van der Waals surface area contributed by atoms with E-state index >= 15 is 0 Å². The van der Waals surface area contributed by atoms with E-state index in [-0.39, 0.29) is 0 Å². The van der Waals surface area contributed by atoms with Crippen molar-refractivity contribution in [2.24, 2.45) is 0 Å². The number of aryl methyl sites for hydroxylation is 2. The molecule has 0 bridgehead atoms. The summed E-state index contributed by atoms with van der Waals surface area (Å²) in [6.07, 6.45) is 0. The van der Waals surface area contributed by atoms with E-state index < -0.39 is 0 Å². The molecule has 0 saturated carbocycles. The molecule has 2 rings (SSSR count). The van der Waals surface area contributed by atoms with Crippen LogP contribution < -0.4 is 4.90 Å². The first-order valence-electron chi connectivity index (χ1n) is 6.11. The average molecular weight is 252 g/mol. The summed E-state index contributed by atoms with van der Waals surface area (Å²) >= 11 is 0. The van der Waals surface area contributed by atoms with E-state index in [1.54, 1.807) is 13.0 Å². The summed E-state index contributed by atoms with van der Waals surface area (Å²) in [4.78, 5) is 10.4. The van der Waals surface area contributed by atoms with E-state index in [0.717, 1.165) is 12.4 Å². The minimum atomic E-state index is 0.401. The summed E-state index contributed by atoms with van der Waals surface area (Å²) < 4.78 is 0. The van der Waals surface area contributed by atoms with Crippen molar-refractivity contribution < 1.29 is 0 Å². The lowest BCUT2D eigenvalue weighted by molar-refractivity contribution is 0.876. The standard InChI is InChI=1S/C15H16N4/c1-11-4-6-13(7-5-11)10-19(3)15-8-14(9-16)17-12(2)18-15/h4-8H,10H2,1-3H3. The second kappa shape index (κ2) is 5.49. The number of nitriles is 1. The van der Waals surface area contributed by atoms with Crippen LogP contribution in [0.25, 0.3) is 0 Å². The van der Waals surface area contributed by atoms with Crippen molar-refractivity contribution in [3.8, 4) is 6.07 Å². The Kier molecular flexibility index (Phi) is 3.76. The number of benzene rings is 1. The van der Waals surface area contributed by atoms with E-state index in [9.17, 15) is 0 Å². The molecule has 0 N–H and O–H groups in total. The second-order valence-corrected chi connectivity index (χ2v) is 4.61. The van der Waals surface area contributed by atoms with Gasteiger partial charge in [0, 0.05) is 19.7 Å². The summed E-state index contributed by atoms with van der Waals surface area (Å²) in [5, 5.41) is 8.93. The second-order valence-electron chi connectivity index (χ2n) is 4.61. The van der Waals surface area contributed by atoms with Crippen molar-refractivity contribution >= 4 is 5.82 Å². The van der Waals surface area contributed by atoms with Gasteiger partial charge >= 0.3 is 0 Å². The number of rotatable bonds is 3. The predicted octanol–water partition coefficient (Wildman–Crippen LogP) is 2.60. The average Bonchev–Trinajstić information content (AvgIpc) is 2.40. The Bertz CT molecular complexity index is 611. The van der Waals surface area contributed by atoms with Gasteiger partial charge in [0.05, 0.1) is 0 Å². The van der Waals surface area contributed by atoms with Crippen LogP contribution in [0.2, 0.25) is 0 Å². The monoisotopic (exact) mass is 252 g/mol. The molecule has 4 heteroatoms. The number of hydrogen-bond donors (Lipinski definition) is 0. The van der Waals surface area contributed by atoms with Gasteiger partial charge in [0.25, 0.3) is 0 Å². The maximum Gasteiger partial charge on any atom is 0.146 e. The minimum absolute atomic E-state index is 0.401. The Morgan fingerprint density at radius 3 is 2.47 bits per heavy atom. The molecule has 0 aliphatic heterocycles. The van der Waals surface area contributed by atoms with Gasteiger partial charge in [-0.3, -0.25) is 0 Å². The van der Waals surface area contributed by atoms with Gasteiger partial charge in [-0.2, -0.15) is 5.26 Å². The van der Waals surface area contributed by atoms with Crippen LogP contribution in [0.5, 0.6) is 0 Å². The number of anilines is 1. The summed E-state index contributed by atoms with van der Waals surface area (Å²) in [6, 6.07) is 12.2. The maximum atomic E-state index is 8.93. The molecule has 2 aromatic rings. The molecular weight excluding hydrogens is 236 g/mol. The molecule has 19 heavy (non-hydrogen) atoms. The summed E-state index contributed by atoms with van der Waals surface area (Å²) in [5.74, 6) is 1.38. The van der Waals surface area contributed by atoms with Crippen LogP contribution in [0.4, 0.5) is 5.82 Å². The van der Waals surface area contributed by atoms with Crippen molar-refractivity contribution in [2.75, 3.05) is 11.9 Å². The first-order valence-corrected chi connectivity index (χ1v) is 6.11. The smallest absolute Gasteiger partial charge is 0.146 e. The summed E-state index contributed by atoms with van der Waals surface area (Å²) in [6.45, 7) is 4.62. The third-order valence-corrected chi connectivity index (χ3v) is 2.87. The highest BCUT2D eigenvalue weighted by atomic mass is 15.2. The molecule has 0 aliphatic rings. The van der Waals surface area contributed by atoms with Gasteiger partial charge in [-0.1, -0.05) is 29.8 Å². The van der Waals surface area contributed by atoms with Crippen LogP contribution in [0.3, 0.4) is 0 Å². The van der Waals surface area contributed by atoms with Gasteiger partial charge in [-0.15, -0.1) is 0 Å². The zero-order valence-electron chi connectivity index (χ0n) is 11.4. The third-order valence-electron chi connectivity index (χ3n) is 2.87. The van der Waals surface area contributed by atoms with Gasteiger partial charge in [-0.05, 0) is 19.4 Å². The van der Waals surface area contributed by atoms with Crippen molar-refractivity contribution in [3.05, 3.63) is 53.0 Å². The SMILES string of the molecule is Cc1ccc(CN(C)c2cc(C#N)nc(C)n2)cc1. The Morgan fingerprint density at radius 2 is 1.84 bits per heavy atom. The lowest BCUT2D eigenvalue weighted by atomic mass is 10.1. The molecule has 0 saturated heterocycles. The summed E-state index contributed by atoms with van der Waals surface area (Å²) in [5.41, 5.74) is 2.86. The van der Waals surface area contributed by atoms with Crippen LogP contribution in [0.15, 0.2) is 30.3 Å². The number of nitrogens with zero attached hydrogens (tertiary/aromatic N) is 4. The highest BCUT2D eigenvalue weighted by molar-refractivity contribution is 5.43. The van der Waals surface area contributed by atoms with E-state index in [2.05, 4.69) is 47.2 Å². The first-order chi connectivity index (χ1) is 9.08. The quantitative estimate of drug-likeness (QED) is 0.842. The number of aromatic nitrogens is 2. The lowest BCUT2D eigenvalue weighted by Crippen LogP contribution is -2.18. The van der Waals surface area contributed by atoms with Crippen molar-refractivity contribution in [1.29, 1.82) is 5.26 Å². The molecular formula is C15H16N4. The van der Waals surface area contributed by atoms with Crippen molar-refractivity contribution in [3.63, 3.8) is 0 Å². The molecule has 0 amide bonds. The van der Waals surface area contributed by atoms with Crippen LogP contribution in [-0.4, -0.2) is 17.0 Å². The van der Waals surface area contributed by atoms with Gasteiger partial charge in [0.15, 0.2) is 0 Å². The van der Waals surface area contributed by atoms with E-state index in [4.69, 9.17) is 5.26 Å². The molecule has 0 atom stereocenters. The van der Waals surface area contributed by atoms with Crippen molar-refractivity contribution in [2.45, 2.75) is 20.4 Å². The van der Waals surface area contributed by atoms with Crippen LogP contribution in [0.1, 0.15) is 22.6 Å². The predicted molar refractivity (Wildman–Crippen MR) is 74.8 cm³/mol. The third kappa shape index (κ3) is 3.29. The fourth-order valence-electron chi connectivity index (χ4n) is 1.85. The molecule has 4 nitrogen and oxygen atoms in total. The topological polar surface area (TPSA) is 52.8 Å². The highest BCUT2D eigenvalue weighted by Gasteiger charge is 2.07. The molecule has 0 aliphatic carbocycles. The first kappa shape index (κ1) is 13.0. The van der Waals surface area contributed by atoms with E-state index in [1.807, 2.05) is 11.9 Å². The number of hydrogen-bond acceptors (Lipinski definition) is 4. The fourth-order valence-corrected chi connectivity index (χ4v) is 1.85. The highest BCUT2D eigenvalue weighted by Crippen LogP contribution is 2.14. The lowest BCUT2D eigenvalue weighted by Gasteiger charge is -2.18. The van der Waals surface area contributed by atoms with Gasteiger partial charge in [-0.25, -0.2) is 9.97 Å². The van der Waals surface area contributed by atoms with Crippen molar-refractivity contribution in [1.82, 2.24) is 9.97 Å². The largest absolute Gasteiger partial charge is 0.355 e. The Labute approximate surface area is 113 Å². The fraction of sp³-hybridized carbons (Fsp3) is 0.267. The zero-order chi connectivity index (χ0) is 13.8. The van der Waals surface area contributed by atoms with Gasteiger partial charge in [0.2, 0.25) is 0 Å². The summed E-state index contributed by atoms with van der Waals surface area (Å²) in [7, 11) is 1.96. The molecule has 0 radical (unpaired) electrons. The van der Waals surface area contributed by atoms with Gasteiger partial charge < -0.3 is 4.90 Å². The molecule has 1 aromatic carbocycles. The Morgan fingerprint density at radius 1 is 1.16 bits per heavy atom. The molecule has 0 unspecified atom stereocenters. The van der Waals surface area contributed by atoms with Crippen LogP contribution in [0, 0.1) is 25.2 Å². The molecule has 0 fully saturated rings. The minimum Gasteiger partial charge on any atom is -0.355 e. The van der Waals surface area contributed by atoms with Crippen LogP contribution in [-0.2, 0) is 6.54 Å². The molecule has 0 spiro atoms. The Balaban J connectivity index is 2.20.